The van der Waals surface area contributed by atoms with Crippen molar-refractivity contribution in [3.8, 4) is 11.8 Å². The van der Waals surface area contributed by atoms with E-state index in [1.807, 2.05) is 18.2 Å². The van der Waals surface area contributed by atoms with Crippen molar-refractivity contribution in [1.29, 1.82) is 5.26 Å². The van der Waals surface area contributed by atoms with E-state index in [9.17, 15) is 0 Å². The monoisotopic (exact) mass is 280 g/mol. The van der Waals surface area contributed by atoms with Crippen LogP contribution in [-0.2, 0) is 13.0 Å². The van der Waals surface area contributed by atoms with Gasteiger partial charge in [-0.15, -0.1) is 0 Å². The molecule has 0 heterocycles. The van der Waals surface area contributed by atoms with Crippen molar-refractivity contribution in [2.24, 2.45) is 0 Å². The summed E-state index contributed by atoms with van der Waals surface area (Å²) in [7, 11) is 1.65. The molecular weight excluding hydrogens is 260 g/mol. The van der Waals surface area contributed by atoms with Crippen LogP contribution in [0.5, 0.6) is 5.75 Å². The summed E-state index contributed by atoms with van der Waals surface area (Å²) in [5.74, 6) is 0.824. The fraction of sp³-hybridized carbons (Fsp3) is 0.278. The van der Waals surface area contributed by atoms with Gasteiger partial charge in [0.05, 0.1) is 18.7 Å². The summed E-state index contributed by atoms with van der Waals surface area (Å²) < 4.78 is 5.32. The van der Waals surface area contributed by atoms with Gasteiger partial charge in [0.1, 0.15) is 5.75 Å². The second-order valence-corrected chi connectivity index (χ2v) is 4.90. The van der Waals surface area contributed by atoms with Crippen LogP contribution in [0.25, 0.3) is 0 Å². The lowest BCUT2D eigenvalue weighted by molar-refractivity contribution is 0.407. The zero-order chi connectivity index (χ0) is 14.9. The highest BCUT2D eigenvalue weighted by Crippen LogP contribution is 2.19. The standard InChI is InChI=1S/C18H20N2O/c1-21-18-10-9-16(13-19)12-17(18)14-20-11-5-8-15-6-3-2-4-7-15/h2-4,6-7,9-10,12,20H,5,8,11,14H2,1H3. The fourth-order valence-corrected chi connectivity index (χ4v) is 2.27. The number of nitrogens with zero attached hydrogens (tertiary/aromatic N) is 1. The van der Waals surface area contributed by atoms with E-state index in [-0.39, 0.29) is 0 Å². The number of hydrogen-bond acceptors (Lipinski definition) is 3. The average Bonchev–Trinajstić information content (AvgIpc) is 2.55. The molecule has 3 heteroatoms. The van der Waals surface area contributed by atoms with Crippen molar-refractivity contribution < 1.29 is 4.74 Å². The lowest BCUT2D eigenvalue weighted by Crippen LogP contribution is -2.16. The van der Waals surface area contributed by atoms with Crippen molar-refractivity contribution in [1.82, 2.24) is 5.32 Å². The van der Waals surface area contributed by atoms with Gasteiger partial charge in [0.2, 0.25) is 0 Å². The highest BCUT2D eigenvalue weighted by atomic mass is 16.5. The van der Waals surface area contributed by atoms with Crippen LogP contribution >= 0.6 is 0 Å². The summed E-state index contributed by atoms with van der Waals surface area (Å²) in [4.78, 5) is 0. The number of methoxy groups -OCH3 is 1. The van der Waals surface area contributed by atoms with Gasteiger partial charge >= 0.3 is 0 Å². The van der Waals surface area contributed by atoms with Crippen molar-refractivity contribution in [2.75, 3.05) is 13.7 Å². The maximum Gasteiger partial charge on any atom is 0.123 e. The van der Waals surface area contributed by atoms with E-state index in [0.717, 1.165) is 30.7 Å². The summed E-state index contributed by atoms with van der Waals surface area (Å²) in [6.45, 7) is 1.66. The van der Waals surface area contributed by atoms with Crippen LogP contribution in [-0.4, -0.2) is 13.7 Å². The Balaban J connectivity index is 1.79. The molecule has 3 nitrogen and oxygen atoms in total. The molecular formula is C18H20N2O. The van der Waals surface area contributed by atoms with E-state index in [1.54, 1.807) is 13.2 Å². The molecule has 0 unspecified atom stereocenters. The third-order valence-corrected chi connectivity index (χ3v) is 3.39. The van der Waals surface area contributed by atoms with Crippen LogP contribution in [0.4, 0.5) is 0 Å². The van der Waals surface area contributed by atoms with E-state index in [4.69, 9.17) is 10.00 Å². The van der Waals surface area contributed by atoms with Crippen molar-refractivity contribution in [3.63, 3.8) is 0 Å². The number of ether oxygens (including phenoxy) is 1. The Labute approximate surface area is 126 Å². The molecule has 2 aromatic rings. The Bertz CT molecular complexity index is 602. The van der Waals surface area contributed by atoms with Crippen molar-refractivity contribution in [2.45, 2.75) is 19.4 Å². The highest BCUT2D eigenvalue weighted by Gasteiger charge is 2.04. The topological polar surface area (TPSA) is 45.0 Å². The minimum Gasteiger partial charge on any atom is -0.496 e. The molecule has 0 fully saturated rings. The number of benzene rings is 2. The molecule has 0 radical (unpaired) electrons. The highest BCUT2D eigenvalue weighted by molar-refractivity contribution is 5.41. The van der Waals surface area contributed by atoms with Gasteiger partial charge in [0, 0.05) is 12.1 Å². The Kier molecular flexibility index (Phi) is 5.81. The largest absolute Gasteiger partial charge is 0.496 e. The molecule has 0 aliphatic carbocycles. The first kappa shape index (κ1) is 15.1. The number of nitrogens with one attached hydrogen (secondary N) is 1. The smallest absolute Gasteiger partial charge is 0.123 e. The quantitative estimate of drug-likeness (QED) is 0.792. The van der Waals surface area contributed by atoms with E-state index in [1.165, 1.54) is 5.56 Å². The van der Waals surface area contributed by atoms with E-state index in [0.29, 0.717) is 12.1 Å². The zero-order valence-corrected chi connectivity index (χ0v) is 12.3. The van der Waals surface area contributed by atoms with E-state index < -0.39 is 0 Å². The van der Waals surface area contributed by atoms with Crippen LogP contribution in [0, 0.1) is 11.3 Å². The van der Waals surface area contributed by atoms with Gasteiger partial charge in [-0.3, -0.25) is 0 Å². The van der Waals surface area contributed by atoms with Gasteiger partial charge in [-0.2, -0.15) is 5.26 Å². The second kappa shape index (κ2) is 8.08. The molecule has 0 amide bonds. The fourth-order valence-electron chi connectivity index (χ4n) is 2.27. The van der Waals surface area contributed by atoms with Crippen LogP contribution in [0.2, 0.25) is 0 Å². The van der Waals surface area contributed by atoms with Crippen molar-refractivity contribution in [3.05, 3.63) is 65.2 Å². The molecule has 0 aliphatic rings. The van der Waals surface area contributed by atoms with Crippen molar-refractivity contribution >= 4 is 0 Å². The predicted molar refractivity (Wildman–Crippen MR) is 84.2 cm³/mol. The van der Waals surface area contributed by atoms with Crippen LogP contribution < -0.4 is 10.1 Å². The molecule has 1 N–H and O–H groups in total. The minimum absolute atomic E-state index is 0.664. The molecule has 0 aliphatic heterocycles. The third-order valence-electron chi connectivity index (χ3n) is 3.39. The van der Waals surface area contributed by atoms with Crippen LogP contribution in [0.1, 0.15) is 23.1 Å². The van der Waals surface area contributed by atoms with Gasteiger partial charge in [0.15, 0.2) is 0 Å². The summed E-state index contributed by atoms with van der Waals surface area (Å²) >= 11 is 0. The molecule has 0 spiro atoms. The van der Waals surface area contributed by atoms with Gasteiger partial charge in [-0.25, -0.2) is 0 Å². The minimum atomic E-state index is 0.664. The zero-order valence-electron chi connectivity index (χ0n) is 12.3. The molecule has 2 aromatic carbocycles. The normalized spacial score (nSPS) is 10.1. The molecule has 0 bridgehead atoms. The average molecular weight is 280 g/mol. The van der Waals surface area contributed by atoms with Crippen LogP contribution in [0.3, 0.4) is 0 Å². The number of rotatable bonds is 7. The Morgan fingerprint density at radius 1 is 1.14 bits per heavy atom. The van der Waals surface area contributed by atoms with E-state index >= 15 is 0 Å². The second-order valence-electron chi connectivity index (χ2n) is 4.90. The molecule has 0 saturated carbocycles. The van der Waals surface area contributed by atoms with Gasteiger partial charge in [-0.1, -0.05) is 30.3 Å². The third kappa shape index (κ3) is 4.62. The number of nitriles is 1. The van der Waals surface area contributed by atoms with Gasteiger partial charge in [0.25, 0.3) is 0 Å². The molecule has 0 saturated heterocycles. The SMILES string of the molecule is COc1ccc(C#N)cc1CNCCCc1ccccc1. The molecule has 0 aromatic heterocycles. The maximum absolute atomic E-state index is 8.95. The number of aryl methyl sites for hydroxylation is 1. The van der Waals surface area contributed by atoms with Gasteiger partial charge in [-0.05, 0) is 43.1 Å². The summed E-state index contributed by atoms with van der Waals surface area (Å²) in [5.41, 5.74) is 3.05. The molecule has 108 valence electrons. The van der Waals surface area contributed by atoms with Crippen LogP contribution in [0.15, 0.2) is 48.5 Å². The molecule has 0 atom stereocenters. The first-order valence-electron chi connectivity index (χ1n) is 7.15. The first-order chi connectivity index (χ1) is 10.3. The van der Waals surface area contributed by atoms with E-state index in [2.05, 4.69) is 35.7 Å². The Hall–Kier alpha value is -2.31. The Morgan fingerprint density at radius 2 is 1.95 bits per heavy atom. The number of hydrogen-bond donors (Lipinski definition) is 1. The lowest BCUT2D eigenvalue weighted by atomic mass is 10.1. The first-order valence-corrected chi connectivity index (χ1v) is 7.15. The van der Waals surface area contributed by atoms with Gasteiger partial charge < -0.3 is 10.1 Å². The molecule has 21 heavy (non-hydrogen) atoms. The predicted octanol–water partition coefficient (Wildman–Crippen LogP) is 3.29. The lowest BCUT2D eigenvalue weighted by Gasteiger charge is -2.10. The maximum atomic E-state index is 8.95. The summed E-state index contributed by atoms with van der Waals surface area (Å²) in [6, 6.07) is 18.1. The molecule has 2 rings (SSSR count). The summed E-state index contributed by atoms with van der Waals surface area (Å²) in [6.07, 6.45) is 2.16. The summed E-state index contributed by atoms with van der Waals surface area (Å²) in [5, 5.41) is 12.4. The Morgan fingerprint density at radius 3 is 2.67 bits per heavy atom.